The van der Waals surface area contributed by atoms with E-state index in [4.69, 9.17) is 10.5 Å². The molecule has 5 nitrogen and oxygen atoms in total. The zero-order valence-corrected chi connectivity index (χ0v) is 10.1. The van der Waals surface area contributed by atoms with Crippen LogP contribution < -0.4 is 11.1 Å². The molecule has 0 aliphatic carbocycles. The molecule has 94 valence electrons. The number of rotatable bonds is 7. The van der Waals surface area contributed by atoms with E-state index in [1.807, 2.05) is 6.92 Å². The van der Waals surface area contributed by atoms with Crippen molar-refractivity contribution in [3.8, 4) is 0 Å². The monoisotopic (exact) mass is 237 g/mol. The van der Waals surface area contributed by atoms with Crippen LogP contribution in [0, 0.1) is 6.92 Å². The Bertz CT molecular complexity index is 355. The van der Waals surface area contributed by atoms with Gasteiger partial charge in [-0.05, 0) is 25.5 Å². The molecule has 0 saturated carbocycles. The van der Waals surface area contributed by atoms with Gasteiger partial charge in [0.15, 0.2) is 0 Å². The van der Waals surface area contributed by atoms with E-state index in [0.717, 1.165) is 12.1 Å². The Balaban J connectivity index is 2.24. The molecule has 0 aliphatic rings. The second-order valence-corrected chi connectivity index (χ2v) is 3.65. The number of nitrogens with two attached hydrogens (primary N) is 1. The van der Waals surface area contributed by atoms with Crippen LogP contribution >= 0.6 is 0 Å². The van der Waals surface area contributed by atoms with Crippen LogP contribution in [-0.2, 0) is 4.74 Å². The molecule has 0 bridgehead atoms. The number of hydrogen-bond acceptors (Lipinski definition) is 4. The lowest BCUT2D eigenvalue weighted by Crippen LogP contribution is -2.26. The first-order chi connectivity index (χ1) is 8.25. The molecule has 1 heterocycles. The molecular weight excluding hydrogens is 218 g/mol. The van der Waals surface area contributed by atoms with Crippen LogP contribution in [0.25, 0.3) is 0 Å². The molecule has 0 spiro atoms. The Morgan fingerprint density at radius 1 is 1.53 bits per heavy atom. The highest BCUT2D eigenvalue weighted by Gasteiger charge is 2.07. The first-order valence-corrected chi connectivity index (χ1v) is 5.73. The maximum absolute atomic E-state index is 11.7. The highest BCUT2D eigenvalue weighted by atomic mass is 16.5. The molecule has 0 fully saturated rings. The van der Waals surface area contributed by atoms with Crippen molar-refractivity contribution in [2.24, 2.45) is 5.73 Å². The van der Waals surface area contributed by atoms with Gasteiger partial charge in [-0.3, -0.25) is 9.78 Å². The van der Waals surface area contributed by atoms with E-state index in [9.17, 15) is 4.79 Å². The number of amides is 1. The Morgan fingerprint density at radius 2 is 2.35 bits per heavy atom. The number of ether oxygens (including phenoxy) is 1. The first kappa shape index (κ1) is 13.6. The van der Waals surface area contributed by atoms with Gasteiger partial charge in [0.05, 0.1) is 12.2 Å². The SMILES string of the molecule is Cc1ncccc1C(=O)NCCCOCCN. The topological polar surface area (TPSA) is 77.2 Å². The van der Waals surface area contributed by atoms with E-state index in [0.29, 0.717) is 31.9 Å². The average Bonchev–Trinajstić information content (AvgIpc) is 2.34. The molecule has 1 aromatic heterocycles. The zero-order chi connectivity index (χ0) is 12.5. The molecule has 0 radical (unpaired) electrons. The minimum absolute atomic E-state index is 0.0885. The lowest BCUT2D eigenvalue weighted by Gasteiger charge is -2.07. The van der Waals surface area contributed by atoms with Gasteiger partial charge in [-0.1, -0.05) is 0 Å². The average molecular weight is 237 g/mol. The summed E-state index contributed by atoms with van der Waals surface area (Å²) in [6, 6.07) is 3.52. The Morgan fingerprint density at radius 3 is 3.06 bits per heavy atom. The van der Waals surface area contributed by atoms with Crippen molar-refractivity contribution < 1.29 is 9.53 Å². The lowest BCUT2D eigenvalue weighted by molar-refractivity contribution is 0.0942. The fourth-order valence-corrected chi connectivity index (χ4v) is 1.38. The van der Waals surface area contributed by atoms with Crippen molar-refractivity contribution in [2.45, 2.75) is 13.3 Å². The van der Waals surface area contributed by atoms with Crippen LogP contribution in [0.4, 0.5) is 0 Å². The molecule has 0 atom stereocenters. The summed E-state index contributed by atoms with van der Waals surface area (Å²) < 4.78 is 5.21. The van der Waals surface area contributed by atoms with Gasteiger partial charge >= 0.3 is 0 Å². The molecule has 0 aromatic carbocycles. The van der Waals surface area contributed by atoms with E-state index >= 15 is 0 Å². The largest absolute Gasteiger partial charge is 0.380 e. The predicted octanol–water partition coefficient (Wildman–Crippen LogP) is 0.485. The standard InChI is InChI=1S/C12H19N3O2/c1-10-11(4-2-6-14-10)12(16)15-7-3-8-17-9-5-13/h2,4,6H,3,5,7-9,13H2,1H3,(H,15,16). The number of aromatic nitrogens is 1. The summed E-state index contributed by atoms with van der Waals surface area (Å²) in [6.45, 7) is 4.12. The Hall–Kier alpha value is -1.46. The van der Waals surface area contributed by atoms with E-state index in [1.165, 1.54) is 0 Å². The van der Waals surface area contributed by atoms with Crippen molar-refractivity contribution in [2.75, 3.05) is 26.3 Å². The number of nitrogens with zero attached hydrogens (tertiary/aromatic N) is 1. The fourth-order valence-electron chi connectivity index (χ4n) is 1.38. The maximum Gasteiger partial charge on any atom is 0.253 e. The van der Waals surface area contributed by atoms with Gasteiger partial charge in [0, 0.05) is 31.6 Å². The molecule has 0 unspecified atom stereocenters. The third kappa shape index (κ3) is 4.93. The van der Waals surface area contributed by atoms with Crippen molar-refractivity contribution in [1.29, 1.82) is 0 Å². The fraction of sp³-hybridized carbons (Fsp3) is 0.500. The van der Waals surface area contributed by atoms with Gasteiger partial charge in [0.2, 0.25) is 0 Å². The molecule has 1 rings (SSSR count). The zero-order valence-electron chi connectivity index (χ0n) is 10.1. The summed E-state index contributed by atoms with van der Waals surface area (Å²) in [6.07, 6.45) is 2.46. The maximum atomic E-state index is 11.7. The number of nitrogens with one attached hydrogen (secondary N) is 1. The van der Waals surface area contributed by atoms with Crippen LogP contribution in [0.5, 0.6) is 0 Å². The summed E-state index contributed by atoms with van der Waals surface area (Å²) in [7, 11) is 0. The summed E-state index contributed by atoms with van der Waals surface area (Å²) in [5, 5.41) is 2.83. The van der Waals surface area contributed by atoms with Crippen LogP contribution in [0.2, 0.25) is 0 Å². The summed E-state index contributed by atoms with van der Waals surface area (Å²) >= 11 is 0. The van der Waals surface area contributed by atoms with E-state index in [1.54, 1.807) is 18.3 Å². The van der Waals surface area contributed by atoms with Gasteiger partial charge in [0.1, 0.15) is 0 Å². The molecule has 1 aromatic rings. The van der Waals surface area contributed by atoms with Gasteiger partial charge in [-0.2, -0.15) is 0 Å². The molecular formula is C12H19N3O2. The molecule has 5 heteroatoms. The van der Waals surface area contributed by atoms with Gasteiger partial charge in [-0.25, -0.2) is 0 Å². The van der Waals surface area contributed by atoms with Crippen molar-refractivity contribution in [3.63, 3.8) is 0 Å². The van der Waals surface area contributed by atoms with Gasteiger partial charge < -0.3 is 15.8 Å². The lowest BCUT2D eigenvalue weighted by atomic mass is 10.2. The third-order valence-electron chi connectivity index (χ3n) is 2.26. The predicted molar refractivity (Wildman–Crippen MR) is 65.8 cm³/mol. The van der Waals surface area contributed by atoms with Gasteiger partial charge in [-0.15, -0.1) is 0 Å². The summed E-state index contributed by atoms with van der Waals surface area (Å²) in [4.78, 5) is 15.8. The number of carbonyl (C=O) groups excluding carboxylic acids is 1. The van der Waals surface area contributed by atoms with Crippen LogP contribution in [0.1, 0.15) is 22.5 Å². The van der Waals surface area contributed by atoms with Crippen molar-refractivity contribution in [3.05, 3.63) is 29.6 Å². The van der Waals surface area contributed by atoms with Crippen molar-refractivity contribution >= 4 is 5.91 Å². The minimum Gasteiger partial charge on any atom is -0.380 e. The second-order valence-electron chi connectivity index (χ2n) is 3.65. The number of carbonyl (C=O) groups is 1. The highest BCUT2D eigenvalue weighted by Crippen LogP contribution is 2.02. The smallest absolute Gasteiger partial charge is 0.253 e. The van der Waals surface area contributed by atoms with Crippen molar-refractivity contribution in [1.82, 2.24) is 10.3 Å². The molecule has 0 saturated heterocycles. The van der Waals surface area contributed by atoms with Crippen LogP contribution in [0.3, 0.4) is 0 Å². The first-order valence-electron chi connectivity index (χ1n) is 5.73. The Kier molecular flexibility index (Phi) is 6.21. The number of aryl methyl sites for hydroxylation is 1. The summed E-state index contributed by atoms with van der Waals surface area (Å²) in [5.41, 5.74) is 6.64. The molecule has 1 amide bonds. The highest BCUT2D eigenvalue weighted by molar-refractivity contribution is 5.95. The van der Waals surface area contributed by atoms with Crippen LogP contribution in [0.15, 0.2) is 18.3 Å². The van der Waals surface area contributed by atoms with Crippen LogP contribution in [-0.4, -0.2) is 37.2 Å². The molecule has 3 N–H and O–H groups in total. The normalized spacial score (nSPS) is 10.2. The number of pyridine rings is 1. The van der Waals surface area contributed by atoms with E-state index in [2.05, 4.69) is 10.3 Å². The number of hydrogen-bond donors (Lipinski definition) is 2. The Labute approximate surface area is 101 Å². The molecule has 17 heavy (non-hydrogen) atoms. The second kappa shape index (κ2) is 7.76. The summed E-state index contributed by atoms with van der Waals surface area (Å²) in [5.74, 6) is -0.0885. The quantitative estimate of drug-likeness (QED) is 0.676. The minimum atomic E-state index is -0.0885. The van der Waals surface area contributed by atoms with E-state index in [-0.39, 0.29) is 5.91 Å². The van der Waals surface area contributed by atoms with E-state index < -0.39 is 0 Å². The van der Waals surface area contributed by atoms with Gasteiger partial charge in [0.25, 0.3) is 5.91 Å². The third-order valence-corrected chi connectivity index (χ3v) is 2.26. The molecule has 0 aliphatic heterocycles.